The fourth-order valence-corrected chi connectivity index (χ4v) is 4.01. The second kappa shape index (κ2) is 9.31. The van der Waals surface area contributed by atoms with Gasteiger partial charge in [0.2, 0.25) is 0 Å². The highest BCUT2D eigenvalue weighted by Gasteiger charge is 2.27. The molecular weight excluding hydrogens is 367 g/mol. The zero-order valence-corrected chi connectivity index (χ0v) is 16.5. The monoisotopic (exact) mass is 394 g/mol. The standard InChI is InChI=1S/C23H27FN4O/c24-23-5-2-1-4-20(23)17-27-14-13-26(18-22(27)10-15-29)16-19-6-8-21(9-7-19)28-12-3-11-25-28/h1-9,11-12,22,29H,10,13-18H2. The van der Waals surface area contributed by atoms with E-state index >= 15 is 0 Å². The predicted octanol–water partition coefficient (Wildman–Crippen LogP) is 3.08. The van der Waals surface area contributed by atoms with E-state index in [1.165, 1.54) is 11.6 Å². The Bertz CT molecular complexity index is 898. The van der Waals surface area contributed by atoms with Crippen LogP contribution >= 0.6 is 0 Å². The molecule has 152 valence electrons. The number of aliphatic hydroxyl groups is 1. The van der Waals surface area contributed by atoms with Crippen LogP contribution < -0.4 is 0 Å². The zero-order valence-electron chi connectivity index (χ0n) is 16.5. The zero-order chi connectivity index (χ0) is 20.1. The first-order valence-electron chi connectivity index (χ1n) is 10.1. The van der Waals surface area contributed by atoms with Crippen LogP contribution in [0.25, 0.3) is 5.69 Å². The lowest BCUT2D eigenvalue weighted by Gasteiger charge is -2.41. The van der Waals surface area contributed by atoms with Crippen LogP contribution in [0, 0.1) is 5.82 Å². The van der Waals surface area contributed by atoms with Crippen molar-refractivity contribution in [3.05, 3.63) is 83.9 Å². The van der Waals surface area contributed by atoms with Gasteiger partial charge in [-0.3, -0.25) is 9.80 Å². The molecule has 4 rings (SSSR count). The highest BCUT2D eigenvalue weighted by atomic mass is 19.1. The van der Waals surface area contributed by atoms with Gasteiger partial charge < -0.3 is 5.11 Å². The molecule has 0 spiro atoms. The van der Waals surface area contributed by atoms with Crippen molar-refractivity contribution in [2.24, 2.45) is 0 Å². The minimum absolute atomic E-state index is 0.144. The van der Waals surface area contributed by atoms with Gasteiger partial charge in [0.25, 0.3) is 0 Å². The maximum absolute atomic E-state index is 14.1. The summed E-state index contributed by atoms with van der Waals surface area (Å²) in [7, 11) is 0. The number of hydrogen-bond acceptors (Lipinski definition) is 4. The van der Waals surface area contributed by atoms with Crippen molar-refractivity contribution in [1.29, 1.82) is 0 Å². The minimum Gasteiger partial charge on any atom is -0.396 e. The third kappa shape index (κ3) is 4.90. The van der Waals surface area contributed by atoms with Crippen molar-refractivity contribution in [3.63, 3.8) is 0 Å². The summed E-state index contributed by atoms with van der Waals surface area (Å²) in [6.45, 7) is 4.26. The number of hydrogen-bond donors (Lipinski definition) is 1. The van der Waals surface area contributed by atoms with Gasteiger partial charge >= 0.3 is 0 Å². The number of piperazine rings is 1. The first kappa shape index (κ1) is 19.8. The lowest BCUT2D eigenvalue weighted by atomic mass is 10.1. The maximum Gasteiger partial charge on any atom is 0.127 e. The van der Waals surface area contributed by atoms with Gasteiger partial charge in [-0.05, 0) is 36.2 Å². The third-order valence-electron chi connectivity index (χ3n) is 5.59. The molecule has 1 aliphatic rings. The molecule has 1 fully saturated rings. The maximum atomic E-state index is 14.1. The Labute approximate surface area is 171 Å². The first-order valence-corrected chi connectivity index (χ1v) is 10.1. The molecule has 1 aromatic heterocycles. The molecule has 2 aromatic carbocycles. The normalized spacial score (nSPS) is 18.2. The second-order valence-corrected chi connectivity index (χ2v) is 7.58. The van der Waals surface area contributed by atoms with Crippen LogP contribution in [0.15, 0.2) is 67.0 Å². The summed E-state index contributed by atoms with van der Waals surface area (Å²) in [5, 5.41) is 13.8. The van der Waals surface area contributed by atoms with E-state index in [4.69, 9.17) is 0 Å². The quantitative estimate of drug-likeness (QED) is 0.669. The topological polar surface area (TPSA) is 44.5 Å². The van der Waals surface area contributed by atoms with Crippen LogP contribution in [0.1, 0.15) is 17.5 Å². The fraction of sp³-hybridized carbons (Fsp3) is 0.348. The van der Waals surface area contributed by atoms with E-state index in [-0.39, 0.29) is 18.5 Å². The molecular formula is C23H27FN4O. The van der Waals surface area contributed by atoms with E-state index in [0.717, 1.165) is 37.4 Å². The van der Waals surface area contributed by atoms with Crippen LogP contribution in [-0.2, 0) is 13.1 Å². The SMILES string of the molecule is OCCC1CN(Cc2ccc(-n3cccn3)cc2)CCN1Cc1ccccc1F. The van der Waals surface area contributed by atoms with Crippen molar-refractivity contribution in [2.45, 2.75) is 25.6 Å². The van der Waals surface area contributed by atoms with Gasteiger partial charge in [0, 0.05) is 63.3 Å². The minimum atomic E-state index is -0.157. The largest absolute Gasteiger partial charge is 0.396 e. The van der Waals surface area contributed by atoms with Gasteiger partial charge in [-0.1, -0.05) is 30.3 Å². The van der Waals surface area contributed by atoms with Crippen molar-refractivity contribution in [1.82, 2.24) is 19.6 Å². The third-order valence-corrected chi connectivity index (χ3v) is 5.59. The van der Waals surface area contributed by atoms with Gasteiger partial charge in [-0.15, -0.1) is 0 Å². The van der Waals surface area contributed by atoms with Crippen molar-refractivity contribution in [2.75, 3.05) is 26.2 Å². The molecule has 0 amide bonds. The van der Waals surface area contributed by atoms with E-state index in [1.54, 1.807) is 12.3 Å². The smallest absolute Gasteiger partial charge is 0.127 e. The molecule has 3 aromatic rings. The van der Waals surface area contributed by atoms with E-state index in [2.05, 4.69) is 39.2 Å². The average molecular weight is 394 g/mol. The first-order chi connectivity index (χ1) is 14.2. The lowest BCUT2D eigenvalue weighted by molar-refractivity contribution is 0.0493. The van der Waals surface area contributed by atoms with Crippen LogP contribution in [0.4, 0.5) is 4.39 Å². The van der Waals surface area contributed by atoms with Crippen molar-refractivity contribution < 1.29 is 9.50 Å². The average Bonchev–Trinajstić information content (AvgIpc) is 3.27. The number of aliphatic hydroxyl groups excluding tert-OH is 1. The Kier molecular flexibility index (Phi) is 6.34. The van der Waals surface area contributed by atoms with Gasteiger partial charge in [-0.2, -0.15) is 5.10 Å². The molecule has 0 radical (unpaired) electrons. The Balaban J connectivity index is 1.38. The molecule has 1 aliphatic heterocycles. The Hall–Kier alpha value is -2.54. The van der Waals surface area contributed by atoms with Gasteiger partial charge in [0.05, 0.1) is 5.69 Å². The number of benzene rings is 2. The molecule has 2 heterocycles. The summed E-state index contributed by atoms with van der Waals surface area (Å²) in [5.74, 6) is -0.157. The summed E-state index contributed by atoms with van der Waals surface area (Å²) in [5.41, 5.74) is 3.02. The summed E-state index contributed by atoms with van der Waals surface area (Å²) in [6, 6.07) is 17.5. The Morgan fingerprint density at radius 2 is 1.83 bits per heavy atom. The Morgan fingerprint density at radius 1 is 1.00 bits per heavy atom. The summed E-state index contributed by atoms with van der Waals surface area (Å²) in [6.07, 6.45) is 4.41. The lowest BCUT2D eigenvalue weighted by Crippen LogP contribution is -2.52. The molecule has 0 saturated carbocycles. The van der Waals surface area contributed by atoms with Crippen molar-refractivity contribution >= 4 is 0 Å². The molecule has 5 nitrogen and oxygen atoms in total. The van der Waals surface area contributed by atoms with Crippen molar-refractivity contribution in [3.8, 4) is 5.69 Å². The van der Waals surface area contributed by atoms with E-state index in [9.17, 15) is 9.50 Å². The fourth-order valence-electron chi connectivity index (χ4n) is 4.01. The molecule has 6 heteroatoms. The van der Waals surface area contributed by atoms with Crippen LogP contribution in [0.2, 0.25) is 0 Å². The number of aromatic nitrogens is 2. The summed E-state index contributed by atoms with van der Waals surface area (Å²) >= 11 is 0. The molecule has 0 bridgehead atoms. The van der Waals surface area contributed by atoms with Gasteiger partial charge in [0.15, 0.2) is 0 Å². The van der Waals surface area contributed by atoms with Gasteiger partial charge in [-0.25, -0.2) is 9.07 Å². The van der Waals surface area contributed by atoms with E-state index in [0.29, 0.717) is 13.0 Å². The molecule has 1 saturated heterocycles. The molecule has 1 N–H and O–H groups in total. The number of nitrogens with zero attached hydrogens (tertiary/aromatic N) is 4. The number of halogens is 1. The second-order valence-electron chi connectivity index (χ2n) is 7.58. The Morgan fingerprint density at radius 3 is 2.55 bits per heavy atom. The van der Waals surface area contributed by atoms with Gasteiger partial charge in [0.1, 0.15) is 5.82 Å². The summed E-state index contributed by atoms with van der Waals surface area (Å²) in [4.78, 5) is 4.72. The predicted molar refractivity (Wildman–Crippen MR) is 111 cm³/mol. The van der Waals surface area contributed by atoms with Crippen LogP contribution in [-0.4, -0.2) is 57.0 Å². The number of rotatable bonds is 7. The molecule has 29 heavy (non-hydrogen) atoms. The highest BCUT2D eigenvalue weighted by molar-refractivity contribution is 5.33. The molecule has 1 atom stereocenters. The van der Waals surface area contributed by atoms with E-state index < -0.39 is 0 Å². The molecule has 1 unspecified atom stereocenters. The van der Waals surface area contributed by atoms with Crippen LogP contribution in [0.5, 0.6) is 0 Å². The van der Waals surface area contributed by atoms with E-state index in [1.807, 2.05) is 29.1 Å². The summed E-state index contributed by atoms with van der Waals surface area (Å²) < 4.78 is 15.9. The molecule has 0 aliphatic carbocycles. The van der Waals surface area contributed by atoms with Crippen LogP contribution in [0.3, 0.4) is 0 Å². The highest BCUT2D eigenvalue weighted by Crippen LogP contribution is 2.20.